The molecular weight excluding hydrogens is 210 g/mol. The van der Waals surface area contributed by atoms with Gasteiger partial charge in [0.1, 0.15) is 0 Å². The molecule has 1 saturated heterocycles. The zero-order valence-corrected chi connectivity index (χ0v) is 11.0. The summed E-state index contributed by atoms with van der Waals surface area (Å²) < 4.78 is 0. The van der Waals surface area contributed by atoms with E-state index in [1.807, 2.05) is 12.4 Å². The quantitative estimate of drug-likeness (QED) is 0.720. The third kappa shape index (κ3) is 1.56. The monoisotopic (exact) mass is 231 g/mol. The van der Waals surface area contributed by atoms with E-state index in [4.69, 9.17) is 0 Å². The summed E-state index contributed by atoms with van der Waals surface area (Å²) in [7, 11) is 0. The van der Waals surface area contributed by atoms with Crippen molar-refractivity contribution in [2.75, 3.05) is 5.32 Å². The number of nitrogens with one attached hydrogen (secondary N) is 2. The average molecular weight is 231 g/mol. The summed E-state index contributed by atoms with van der Waals surface area (Å²) in [5.41, 5.74) is 2.95. The maximum absolute atomic E-state index is 4.20. The lowest BCUT2D eigenvalue weighted by molar-refractivity contribution is 0.205. The van der Waals surface area contributed by atoms with Gasteiger partial charge in [-0.1, -0.05) is 20.8 Å². The number of fused-ring (bicyclic) bond motifs is 3. The molecule has 1 fully saturated rings. The minimum atomic E-state index is 0.318. The van der Waals surface area contributed by atoms with E-state index >= 15 is 0 Å². The topological polar surface area (TPSA) is 37.0 Å². The minimum Gasteiger partial charge on any atom is -0.368 e. The number of rotatable bonds is 0. The van der Waals surface area contributed by atoms with Gasteiger partial charge < -0.3 is 5.32 Å². The molecule has 2 N–H and O–H groups in total. The summed E-state index contributed by atoms with van der Waals surface area (Å²) in [6.45, 7) is 9.34. The Morgan fingerprint density at radius 1 is 1.29 bits per heavy atom. The molecule has 3 nitrogen and oxygen atoms in total. The predicted molar refractivity (Wildman–Crippen MR) is 69.9 cm³/mol. The number of anilines is 1. The smallest absolute Gasteiger partial charge is 0.0845 e. The van der Waals surface area contributed by atoms with Crippen LogP contribution in [0.15, 0.2) is 18.5 Å². The van der Waals surface area contributed by atoms with Crippen LogP contribution in [-0.4, -0.2) is 17.2 Å². The van der Waals surface area contributed by atoms with Gasteiger partial charge in [0.2, 0.25) is 0 Å². The Morgan fingerprint density at radius 2 is 2.06 bits per heavy atom. The molecule has 92 valence electrons. The van der Waals surface area contributed by atoms with Crippen LogP contribution in [0.5, 0.6) is 0 Å². The molecule has 4 unspecified atom stereocenters. The summed E-state index contributed by atoms with van der Waals surface area (Å²) in [5, 5.41) is 7.24. The number of hydrogen-bond donors (Lipinski definition) is 2. The number of hydrogen-bond acceptors (Lipinski definition) is 3. The van der Waals surface area contributed by atoms with E-state index in [1.54, 1.807) is 0 Å². The lowest BCUT2D eigenvalue weighted by Gasteiger charge is -2.34. The Kier molecular flexibility index (Phi) is 2.24. The fourth-order valence-corrected chi connectivity index (χ4v) is 3.79. The van der Waals surface area contributed by atoms with E-state index in [2.05, 4.69) is 49.4 Å². The second kappa shape index (κ2) is 3.45. The van der Waals surface area contributed by atoms with Crippen LogP contribution in [-0.2, 0) is 0 Å². The van der Waals surface area contributed by atoms with Crippen molar-refractivity contribution in [1.29, 1.82) is 0 Å². The van der Waals surface area contributed by atoms with Gasteiger partial charge in [-0.15, -0.1) is 0 Å². The van der Waals surface area contributed by atoms with Gasteiger partial charge in [-0.3, -0.25) is 10.3 Å². The predicted octanol–water partition coefficient (Wildman–Crippen LogP) is 2.57. The summed E-state index contributed by atoms with van der Waals surface area (Å²) in [6, 6.07) is 2.73. The minimum absolute atomic E-state index is 0.318. The van der Waals surface area contributed by atoms with Crippen molar-refractivity contribution in [3.8, 4) is 0 Å². The summed E-state index contributed by atoms with van der Waals surface area (Å²) in [5.74, 6) is 1.23. The van der Waals surface area contributed by atoms with E-state index in [0.717, 1.165) is 0 Å². The Balaban J connectivity index is 2.04. The van der Waals surface area contributed by atoms with Crippen molar-refractivity contribution in [2.45, 2.75) is 45.8 Å². The molecule has 0 amide bonds. The van der Waals surface area contributed by atoms with Gasteiger partial charge in [0.25, 0.3) is 0 Å². The third-order valence-corrected chi connectivity index (χ3v) is 4.25. The molecule has 17 heavy (non-hydrogen) atoms. The van der Waals surface area contributed by atoms with Gasteiger partial charge in [-0.2, -0.15) is 0 Å². The van der Waals surface area contributed by atoms with Crippen molar-refractivity contribution in [1.82, 2.24) is 10.3 Å². The van der Waals surface area contributed by atoms with Gasteiger partial charge in [-0.25, -0.2) is 0 Å². The first-order chi connectivity index (χ1) is 7.98. The molecule has 0 spiro atoms. The summed E-state index contributed by atoms with van der Waals surface area (Å²) in [4.78, 5) is 4.20. The van der Waals surface area contributed by atoms with Crippen molar-refractivity contribution in [2.24, 2.45) is 11.3 Å². The van der Waals surface area contributed by atoms with Crippen molar-refractivity contribution in [3.63, 3.8) is 0 Å². The SMILES string of the molecule is CC1NC2Nc3cnccc3C2C1C(C)(C)C. The first-order valence-electron chi connectivity index (χ1n) is 6.45. The molecule has 0 bridgehead atoms. The van der Waals surface area contributed by atoms with Gasteiger partial charge >= 0.3 is 0 Å². The third-order valence-electron chi connectivity index (χ3n) is 4.25. The lowest BCUT2D eigenvalue weighted by Crippen LogP contribution is -2.35. The number of nitrogens with zero attached hydrogens (tertiary/aromatic N) is 1. The van der Waals surface area contributed by atoms with Crippen LogP contribution in [0.25, 0.3) is 0 Å². The molecule has 0 radical (unpaired) electrons. The number of pyridine rings is 1. The molecule has 3 heteroatoms. The fourth-order valence-electron chi connectivity index (χ4n) is 3.79. The molecular formula is C14H21N3. The fraction of sp³-hybridized carbons (Fsp3) is 0.643. The standard InChI is InChI=1S/C14H21N3/c1-8-12(14(2,3)4)11-9-5-6-15-7-10(9)17-13(11)16-8/h5-8,11-13,16-17H,1-4H3. The Morgan fingerprint density at radius 3 is 2.76 bits per heavy atom. The van der Waals surface area contributed by atoms with E-state index in [1.165, 1.54) is 11.3 Å². The van der Waals surface area contributed by atoms with Gasteiger partial charge in [-0.05, 0) is 29.9 Å². The highest BCUT2D eigenvalue weighted by Crippen LogP contribution is 2.50. The highest BCUT2D eigenvalue weighted by molar-refractivity contribution is 5.58. The lowest BCUT2D eigenvalue weighted by atomic mass is 9.70. The Labute approximate surface area is 103 Å². The summed E-state index contributed by atoms with van der Waals surface area (Å²) in [6.07, 6.45) is 4.24. The van der Waals surface area contributed by atoms with Crippen LogP contribution in [0.1, 0.15) is 39.2 Å². The van der Waals surface area contributed by atoms with E-state index in [9.17, 15) is 0 Å². The van der Waals surface area contributed by atoms with Crippen LogP contribution in [0.4, 0.5) is 5.69 Å². The van der Waals surface area contributed by atoms with Crippen LogP contribution in [0, 0.1) is 11.3 Å². The van der Waals surface area contributed by atoms with E-state index < -0.39 is 0 Å². The maximum Gasteiger partial charge on any atom is 0.0845 e. The molecule has 2 aliphatic rings. The van der Waals surface area contributed by atoms with Gasteiger partial charge in [0, 0.05) is 18.2 Å². The van der Waals surface area contributed by atoms with Crippen LogP contribution in [0.2, 0.25) is 0 Å². The first kappa shape index (κ1) is 11.0. The maximum atomic E-state index is 4.20. The zero-order valence-electron chi connectivity index (χ0n) is 11.0. The molecule has 0 aromatic carbocycles. The van der Waals surface area contributed by atoms with Gasteiger partial charge in [0.15, 0.2) is 0 Å². The van der Waals surface area contributed by atoms with Crippen LogP contribution in [0.3, 0.4) is 0 Å². The molecule has 3 heterocycles. The second-order valence-electron chi connectivity index (χ2n) is 6.46. The van der Waals surface area contributed by atoms with Crippen molar-refractivity contribution >= 4 is 5.69 Å². The van der Waals surface area contributed by atoms with Crippen LogP contribution >= 0.6 is 0 Å². The molecule has 0 aliphatic carbocycles. The highest BCUT2D eigenvalue weighted by Gasteiger charge is 2.50. The Hall–Kier alpha value is -1.09. The molecule has 3 rings (SSSR count). The van der Waals surface area contributed by atoms with Crippen molar-refractivity contribution < 1.29 is 0 Å². The molecule has 4 atom stereocenters. The van der Waals surface area contributed by atoms with Crippen LogP contribution < -0.4 is 10.6 Å². The molecule has 2 aliphatic heterocycles. The normalized spacial score (nSPS) is 35.3. The van der Waals surface area contributed by atoms with E-state index in [0.29, 0.717) is 29.5 Å². The largest absolute Gasteiger partial charge is 0.368 e. The first-order valence-corrected chi connectivity index (χ1v) is 6.45. The Bertz CT molecular complexity index is 435. The zero-order chi connectivity index (χ0) is 12.2. The van der Waals surface area contributed by atoms with Crippen molar-refractivity contribution in [3.05, 3.63) is 24.0 Å². The average Bonchev–Trinajstić information content (AvgIpc) is 2.70. The summed E-state index contributed by atoms with van der Waals surface area (Å²) >= 11 is 0. The molecule has 1 aromatic heterocycles. The second-order valence-corrected chi connectivity index (χ2v) is 6.46. The van der Waals surface area contributed by atoms with Gasteiger partial charge in [0.05, 0.1) is 18.1 Å². The van der Waals surface area contributed by atoms with E-state index in [-0.39, 0.29) is 0 Å². The number of aromatic nitrogens is 1. The molecule has 1 aromatic rings. The highest BCUT2D eigenvalue weighted by atomic mass is 15.2. The molecule has 0 saturated carbocycles.